The van der Waals surface area contributed by atoms with Crippen molar-refractivity contribution in [3.05, 3.63) is 60.9 Å². The summed E-state index contributed by atoms with van der Waals surface area (Å²) < 4.78 is 3.90. The lowest BCUT2D eigenvalue weighted by atomic mass is 10.2. The minimum atomic E-state index is -0.121. The quantitative estimate of drug-likeness (QED) is 0.582. The molecule has 0 spiro atoms. The monoisotopic (exact) mass is 360 g/mol. The van der Waals surface area contributed by atoms with Crippen molar-refractivity contribution in [3.63, 3.8) is 0 Å². The second-order valence-corrected chi connectivity index (χ2v) is 6.58. The van der Waals surface area contributed by atoms with Gasteiger partial charge in [-0.3, -0.25) is 9.59 Å². The van der Waals surface area contributed by atoms with Crippen LogP contribution in [0.5, 0.6) is 0 Å². The van der Waals surface area contributed by atoms with Crippen molar-refractivity contribution in [2.24, 2.45) is 7.05 Å². The van der Waals surface area contributed by atoms with E-state index in [1.54, 1.807) is 0 Å². The first kappa shape index (κ1) is 16.9. The molecule has 4 aromatic rings. The van der Waals surface area contributed by atoms with Crippen molar-refractivity contribution in [1.29, 1.82) is 0 Å². The van der Waals surface area contributed by atoms with E-state index in [0.717, 1.165) is 33.2 Å². The Balaban J connectivity index is 1.59. The molecule has 2 aromatic carbocycles. The third-order valence-electron chi connectivity index (χ3n) is 4.64. The summed E-state index contributed by atoms with van der Waals surface area (Å²) in [5, 5.41) is 7.75. The van der Waals surface area contributed by atoms with E-state index in [-0.39, 0.29) is 18.4 Å². The highest BCUT2D eigenvalue weighted by molar-refractivity contribution is 6.03. The van der Waals surface area contributed by atoms with E-state index in [4.69, 9.17) is 0 Å². The van der Waals surface area contributed by atoms with Crippen LogP contribution in [0, 0.1) is 0 Å². The van der Waals surface area contributed by atoms with Gasteiger partial charge < -0.3 is 19.8 Å². The summed E-state index contributed by atoms with van der Waals surface area (Å²) in [6.45, 7) is 1.67. The molecule has 27 heavy (non-hydrogen) atoms. The van der Waals surface area contributed by atoms with Gasteiger partial charge in [0.1, 0.15) is 6.54 Å². The first-order valence-corrected chi connectivity index (χ1v) is 8.72. The van der Waals surface area contributed by atoms with Gasteiger partial charge >= 0.3 is 0 Å². The fourth-order valence-corrected chi connectivity index (χ4v) is 3.42. The summed E-state index contributed by atoms with van der Waals surface area (Å²) in [5.41, 5.74) is 3.51. The zero-order chi connectivity index (χ0) is 19.0. The third kappa shape index (κ3) is 3.17. The maximum Gasteiger partial charge on any atom is 0.244 e. The molecule has 2 aromatic heterocycles. The van der Waals surface area contributed by atoms with Crippen molar-refractivity contribution in [2.75, 3.05) is 10.6 Å². The number of nitrogens with zero attached hydrogens (tertiary/aromatic N) is 2. The van der Waals surface area contributed by atoms with Crippen molar-refractivity contribution in [1.82, 2.24) is 9.13 Å². The third-order valence-corrected chi connectivity index (χ3v) is 4.64. The number of nitrogens with one attached hydrogen (secondary N) is 2. The SMILES string of the molecule is CC(=O)Nc1cccc2c1ccn2CC(=O)Nc1cccc2c1ccn2C. The van der Waals surface area contributed by atoms with E-state index in [1.807, 2.05) is 77.1 Å². The number of hydrogen-bond acceptors (Lipinski definition) is 2. The predicted molar refractivity (Wildman–Crippen MR) is 108 cm³/mol. The molecule has 0 aliphatic rings. The van der Waals surface area contributed by atoms with Crippen molar-refractivity contribution < 1.29 is 9.59 Å². The molecule has 2 heterocycles. The summed E-state index contributed by atoms with van der Waals surface area (Å²) >= 11 is 0. The van der Waals surface area contributed by atoms with E-state index in [9.17, 15) is 9.59 Å². The Labute approximate surface area is 156 Å². The van der Waals surface area contributed by atoms with Crippen molar-refractivity contribution >= 4 is 45.0 Å². The Morgan fingerprint density at radius 2 is 1.48 bits per heavy atom. The van der Waals surface area contributed by atoms with E-state index >= 15 is 0 Å². The molecule has 2 N–H and O–H groups in total. The Morgan fingerprint density at radius 1 is 0.852 bits per heavy atom. The average molecular weight is 360 g/mol. The second-order valence-electron chi connectivity index (χ2n) is 6.58. The van der Waals surface area contributed by atoms with Gasteiger partial charge in [-0.05, 0) is 36.4 Å². The minimum absolute atomic E-state index is 0.103. The summed E-state index contributed by atoms with van der Waals surface area (Å²) in [6.07, 6.45) is 3.84. The van der Waals surface area contributed by atoms with Crippen LogP contribution >= 0.6 is 0 Å². The van der Waals surface area contributed by atoms with Crippen LogP contribution in [0.25, 0.3) is 21.8 Å². The highest BCUT2D eigenvalue weighted by atomic mass is 16.2. The molecule has 0 radical (unpaired) electrons. The normalized spacial score (nSPS) is 11.0. The fraction of sp³-hybridized carbons (Fsp3) is 0.143. The topological polar surface area (TPSA) is 68.1 Å². The molecule has 0 atom stereocenters. The van der Waals surface area contributed by atoms with Crippen molar-refractivity contribution in [3.8, 4) is 0 Å². The number of carbonyl (C=O) groups excluding carboxylic acids is 2. The summed E-state index contributed by atoms with van der Waals surface area (Å²) in [7, 11) is 1.98. The highest BCUT2D eigenvalue weighted by Gasteiger charge is 2.11. The van der Waals surface area contributed by atoms with Crippen LogP contribution in [0.2, 0.25) is 0 Å². The lowest BCUT2D eigenvalue weighted by molar-refractivity contribution is -0.116. The fourth-order valence-electron chi connectivity index (χ4n) is 3.42. The highest BCUT2D eigenvalue weighted by Crippen LogP contribution is 2.26. The molecule has 0 aliphatic heterocycles. The van der Waals surface area contributed by atoms with Crippen LogP contribution in [0.3, 0.4) is 0 Å². The number of anilines is 2. The number of aryl methyl sites for hydroxylation is 1. The van der Waals surface area contributed by atoms with E-state index in [0.29, 0.717) is 0 Å². The second kappa shape index (κ2) is 6.64. The van der Waals surface area contributed by atoms with Crippen LogP contribution in [-0.4, -0.2) is 20.9 Å². The molecule has 0 aliphatic carbocycles. The van der Waals surface area contributed by atoms with Crippen LogP contribution in [0.1, 0.15) is 6.92 Å². The molecule has 0 bridgehead atoms. The number of benzene rings is 2. The molecular weight excluding hydrogens is 340 g/mol. The van der Waals surface area contributed by atoms with Gasteiger partial charge in [0.25, 0.3) is 0 Å². The number of fused-ring (bicyclic) bond motifs is 2. The van der Waals surface area contributed by atoms with Gasteiger partial charge in [-0.1, -0.05) is 12.1 Å². The average Bonchev–Trinajstić information content (AvgIpc) is 3.20. The Morgan fingerprint density at radius 3 is 2.22 bits per heavy atom. The lowest BCUT2D eigenvalue weighted by Crippen LogP contribution is -2.18. The molecular formula is C21H20N4O2. The Kier molecular flexibility index (Phi) is 4.16. The molecule has 2 amide bonds. The van der Waals surface area contributed by atoms with Crippen molar-refractivity contribution in [2.45, 2.75) is 13.5 Å². The number of aromatic nitrogens is 2. The first-order chi connectivity index (χ1) is 13.0. The Hall–Kier alpha value is -3.54. The Bertz CT molecular complexity index is 1170. The van der Waals surface area contributed by atoms with Gasteiger partial charge in [0, 0.05) is 42.7 Å². The number of rotatable bonds is 4. The van der Waals surface area contributed by atoms with E-state index in [2.05, 4.69) is 10.6 Å². The van der Waals surface area contributed by atoms with Crippen LogP contribution in [0.15, 0.2) is 60.9 Å². The number of hydrogen-bond donors (Lipinski definition) is 2. The first-order valence-electron chi connectivity index (χ1n) is 8.72. The van der Waals surface area contributed by atoms with Gasteiger partial charge in [0.05, 0.1) is 16.9 Å². The van der Waals surface area contributed by atoms with Gasteiger partial charge in [0.15, 0.2) is 0 Å². The molecule has 136 valence electrons. The van der Waals surface area contributed by atoms with Crippen LogP contribution in [-0.2, 0) is 23.2 Å². The summed E-state index contributed by atoms with van der Waals surface area (Å²) in [6, 6.07) is 15.4. The smallest absolute Gasteiger partial charge is 0.244 e. The standard InChI is InChI=1S/C21H20N4O2/c1-14(26)22-17-5-4-8-20-16(17)10-12-25(20)13-21(27)23-18-6-3-7-19-15(18)9-11-24(19)2/h3-12H,13H2,1-2H3,(H,22,26)(H,23,27). The molecule has 0 saturated carbocycles. The molecule has 4 rings (SSSR count). The maximum absolute atomic E-state index is 12.6. The maximum atomic E-state index is 12.6. The van der Waals surface area contributed by atoms with Crippen LogP contribution < -0.4 is 10.6 Å². The van der Waals surface area contributed by atoms with E-state index in [1.165, 1.54) is 6.92 Å². The molecule has 0 fully saturated rings. The molecule has 6 heteroatoms. The van der Waals surface area contributed by atoms with Gasteiger partial charge in [-0.25, -0.2) is 0 Å². The number of amides is 2. The van der Waals surface area contributed by atoms with E-state index < -0.39 is 0 Å². The van der Waals surface area contributed by atoms with Crippen LogP contribution in [0.4, 0.5) is 11.4 Å². The van der Waals surface area contributed by atoms with Gasteiger partial charge in [-0.15, -0.1) is 0 Å². The minimum Gasteiger partial charge on any atom is -0.350 e. The zero-order valence-corrected chi connectivity index (χ0v) is 15.2. The molecule has 0 saturated heterocycles. The van der Waals surface area contributed by atoms with Gasteiger partial charge in [-0.2, -0.15) is 0 Å². The summed E-state index contributed by atoms with van der Waals surface area (Å²) in [4.78, 5) is 24.0. The zero-order valence-electron chi connectivity index (χ0n) is 15.2. The largest absolute Gasteiger partial charge is 0.350 e. The predicted octanol–water partition coefficient (Wildman–Crippen LogP) is 3.73. The summed E-state index contributed by atoms with van der Waals surface area (Å²) in [5.74, 6) is -0.224. The molecule has 0 unspecified atom stereocenters. The van der Waals surface area contributed by atoms with Gasteiger partial charge in [0.2, 0.25) is 11.8 Å². The lowest BCUT2D eigenvalue weighted by Gasteiger charge is -2.10. The number of carbonyl (C=O) groups is 2. The molecule has 6 nitrogen and oxygen atoms in total.